The summed E-state index contributed by atoms with van der Waals surface area (Å²) in [4.78, 5) is 62.8. The van der Waals surface area contributed by atoms with Crippen molar-refractivity contribution in [2.75, 3.05) is 32.8 Å². The number of nitrogens with zero attached hydrogens (tertiary/aromatic N) is 1. The van der Waals surface area contributed by atoms with Crippen LogP contribution in [-0.4, -0.2) is 73.3 Å². The quantitative estimate of drug-likeness (QED) is 0.456. The summed E-state index contributed by atoms with van der Waals surface area (Å²) in [5.74, 6) is -2.97. The third-order valence-electron chi connectivity index (χ3n) is 5.34. The molecule has 192 valence electrons. The van der Waals surface area contributed by atoms with Gasteiger partial charge >= 0.3 is 0 Å². The number of nitrogens with two attached hydrogens (primary N) is 1. The molecule has 0 spiro atoms. The van der Waals surface area contributed by atoms with Gasteiger partial charge in [0.05, 0.1) is 12.1 Å². The van der Waals surface area contributed by atoms with Crippen molar-refractivity contribution in [3.63, 3.8) is 0 Å². The molecular formula is C23H32FN5O6. The van der Waals surface area contributed by atoms with Gasteiger partial charge in [-0.25, -0.2) is 4.39 Å². The smallest absolute Gasteiger partial charge is 0.255 e. The van der Waals surface area contributed by atoms with Crippen molar-refractivity contribution in [1.29, 1.82) is 0 Å². The zero-order valence-electron chi connectivity index (χ0n) is 19.7. The van der Waals surface area contributed by atoms with E-state index >= 15 is 0 Å². The summed E-state index contributed by atoms with van der Waals surface area (Å²) in [5.41, 5.74) is 5.06. The molecule has 1 atom stereocenters. The fourth-order valence-electron chi connectivity index (χ4n) is 3.49. The lowest BCUT2D eigenvalue weighted by Gasteiger charge is -2.24. The van der Waals surface area contributed by atoms with Crippen LogP contribution in [-0.2, 0) is 19.2 Å². The molecule has 0 unspecified atom stereocenters. The monoisotopic (exact) mass is 493 g/mol. The average molecular weight is 494 g/mol. The first-order chi connectivity index (χ1) is 16.7. The van der Waals surface area contributed by atoms with Crippen molar-refractivity contribution < 1.29 is 33.1 Å². The zero-order chi connectivity index (χ0) is 25.8. The van der Waals surface area contributed by atoms with Crippen molar-refractivity contribution in [3.05, 3.63) is 29.6 Å². The number of halogens is 1. The molecule has 0 radical (unpaired) electrons. The normalized spacial score (nSPS) is 18.6. The number of carbonyl (C=O) groups is 5. The minimum atomic E-state index is -1.13. The van der Waals surface area contributed by atoms with Crippen LogP contribution in [0, 0.1) is 5.82 Å². The summed E-state index contributed by atoms with van der Waals surface area (Å²) in [7, 11) is 0. The van der Waals surface area contributed by atoms with Crippen molar-refractivity contribution in [3.8, 4) is 5.75 Å². The summed E-state index contributed by atoms with van der Waals surface area (Å²) in [6.07, 6.45) is 0.669. The van der Waals surface area contributed by atoms with Crippen molar-refractivity contribution in [2.45, 2.75) is 45.1 Å². The number of primary amides is 1. The molecule has 35 heavy (non-hydrogen) atoms. The third-order valence-corrected chi connectivity index (χ3v) is 5.34. The summed E-state index contributed by atoms with van der Waals surface area (Å²) in [6.45, 7) is 2.52. The van der Waals surface area contributed by atoms with Gasteiger partial charge in [-0.05, 0) is 31.0 Å². The molecule has 1 aromatic carbocycles. The predicted octanol–water partition coefficient (Wildman–Crippen LogP) is -0.167. The summed E-state index contributed by atoms with van der Waals surface area (Å²) < 4.78 is 19.4. The molecule has 1 aromatic rings. The van der Waals surface area contributed by atoms with Gasteiger partial charge in [-0.15, -0.1) is 0 Å². The lowest BCUT2D eigenvalue weighted by atomic mass is 10.1. The number of rotatable bonds is 4. The van der Waals surface area contributed by atoms with Crippen LogP contribution in [0.15, 0.2) is 18.2 Å². The Hall–Kier alpha value is -3.70. The van der Waals surface area contributed by atoms with Gasteiger partial charge in [0.25, 0.3) is 5.91 Å². The lowest BCUT2D eigenvalue weighted by molar-refractivity contribution is -0.132. The van der Waals surface area contributed by atoms with Gasteiger partial charge in [0.1, 0.15) is 24.2 Å². The second-order valence-corrected chi connectivity index (χ2v) is 8.00. The van der Waals surface area contributed by atoms with E-state index in [1.54, 1.807) is 11.8 Å². The van der Waals surface area contributed by atoms with Gasteiger partial charge in [-0.1, -0.05) is 6.92 Å². The van der Waals surface area contributed by atoms with Gasteiger partial charge in [-0.2, -0.15) is 0 Å². The van der Waals surface area contributed by atoms with Crippen LogP contribution in [0.25, 0.3) is 0 Å². The fourth-order valence-corrected chi connectivity index (χ4v) is 3.49. The van der Waals surface area contributed by atoms with E-state index in [0.717, 1.165) is 12.1 Å². The Morgan fingerprint density at radius 2 is 1.94 bits per heavy atom. The number of ether oxygens (including phenoxy) is 1. The standard InChI is InChI=1S/C23H32FN5O6/c1-2-21(32)29-11-3-4-20(31)26-10-13-35-18-7-5-15(24)14-16(18)22(33)28-17(6-8-19(25)30)23(34)27-9-12-29/h5,7,14,17H,2-4,6,8-13H2,1H3,(H2,25,30)(H,26,31)(H,27,34)(H,28,33)/t17-/m0/s1. The minimum Gasteiger partial charge on any atom is -0.491 e. The van der Waals surface area contributed by atoms with E-state index in [0.29, 0.717) is 13.0 Å². The second-order valence-electron chi connectivity index (χ2n) is 8.00. The number of hydrogen-bond donors (Lipinski definition) is 4. The first-order valence-electron chi connectivity index (χ1n) is 11.5. The van der Waals surface area contributed by atoms with Crippen molar-refractivity contribution in [2.24, 2.45) is 5.73 Å². The van der Waals surface area contributed by atoms with E-state index in [9.17, 15) is 28.4 Å². The molecule has 11 nitrogen and oxygen atoms in total. The van der Waals surface area contributed by atoms with Crippen LogP contribution in [0.3, 0.4) is 0 Å². The number of fused-ring (bicyclic) bond motifs is 1. The SMILES string of the molecule is CCC(=O)N1CCCC(=O)NCCOc2ccc(F)cc2C(=O)N[C@@H](CCC(N)=O)C(=O)NCC1. The molecular weight excluding hydrogens is 461 g/mol. The van der Waals surface area contributed by atoms with Crippen LogP contribution in [0.4, 0.5) is 4.39 Å². The topological polar surface area (TPSA) is 160 Å². The van der Waals surface area contributed by atoms with Crippen LogP contribution < -0.4 is 26.4 Å². The number of amides is 5. The molecule has 1 heterocycles. The number of carbonyl (C=O) groups excluding carboxylic acids is 5. The maximum Gasteiger partial charge on any atom is 0.255 e. The third kappa shape index (κ3) is 9.22. The van der Waals surface area contributed by atoms with E-state index in [4.69, 9.17) is 10.5 Å². The van der Waals surface area contributed by atoms with Gasteiger partial charge < -0.3 is 31.3 Å². The molecule has 0 aliphatic carbocycles. The van der Waals surface area contributed by atoms with Gasteiger partial charge in [0.15, 0.2) is 0 Å². The van der Waals surface area contributed by atoms with E-state index < -0.39 is 29.6 Å². The molecule has 1 aliphatic heterocycles. The highest BCUT2D eigenvalue weighted by atomic mass is 19.1. The Morgan fingerprint density at radius 3 is 2.66 bits per heavy atom. The highest BCUT2D eigenvalue weighted by molar-refractivity contribution is 5.99. The van der Waals surface area contributed by atoms with E-state index in [-0.39, 0.29) is 75.1 Å². The van der Waals surface area contributed by atoms with Gasteiger partial charge in [0, 0.05) is 38.9 Å². The Kier molecular flexibility index (Phi) is 10.9. The summed E-state index contributed by atoms with van der Waals surface area (Å²) in [5, 5.41) is 7.85. The maximum absolute atomic E-state index is 13.9. The molecule has 0 saturated heterocycles. The zero-order valence-corrected chi connectivity index (χ0v) is 19.7. The van der Waals surface area contributed by atoms with E-state index in [1.807, 2.05) is 0 Å². The second kappa shape index (κ2) is 13.9. The van der Waals surface area contributed by atoms with Gasteiger partial charge in [0.2, 0.25) is 23.6 Å². The average Bonchev–Trinajstić information content (AvgIpc) is 2.82. The van der Waals surface area contributed by atoms with Crippen LogP contribution >= 0.6 is 0 Å². The van der Waals surface area contributed by atoms with Crippen molar-refractivity contribution >= 4 is 29.5 Å². The maximum atomic E-state index is 13.9. The van der Waals surface area contributed by atoms with Crippen LogP contribution in [0.5, 0.6) is 5.75 Å². The molecule has 0 saturated carbocycles. The first-order valence-corrected chi connectivity index (χ1v) is 11.5. The number of nitrogens with one attached hydrogen (secondary N) is 3. The molecule has 2 rings (SSSR count). The van der Waals surface area contributed by atoms with E-state index in [2.05, 4.69) is 16.0 Å². The lowest BCUT2D eigenvalue weighted by Crippen LogP contribution is -2.49. The number of benzene rings is 1. The Balaban J connectivity index is 2.25. The summed E-state index contributed by atoms with van der Waals surface area (Å²) in [6, 6.07) is 2.25. The minimum absolute atomic E-state index is 0.0175. The molecule has 0 aromatic heterocycles. The molecule has 0 bridgehead atoms. The van der Waals surface area contributed by atoms with E-state index in [1.165, 1.54) is 6.07 Å². The summed E-state index contributed by atoms with van der Waals surface area (Å²) >= 11 is 0. The molecule has 0 fully saturated rings. The molecule has 5 N–H and O–H groups in total. The van der Waals surface area contributed by atoms with Crippen molar-refractivity contribution in [1.82, 2.24) is 20.9 Å². The Labute approximate surface area is 202 Å². The Morgan fingerprint density at radius 1 is 1.17 bits per heavy atom. The highest BCUT2D eigenvalue weighted by Crippen LogP contribution is 2.20. The van der Waals surface area contributed by atoms with Crippen LogP contribution in [0.1, 0.15) is 49.4 Å². The highest BCUT2D eigenvalue weighted by Gasteiger charge is 2.24. The fraction of sp³-hybridized carbons (Fsp3) is 0.522. The largest absolute Gasteiger partial charge is 0.491 e. The number of hydrogen-bond acceptors (Lipinski definition) is 6. The molecule has 5 amide bonds. The van der Waals surface area contributed by atoms with Gasteiger partial charge in [-0.3, -0.25) is 24.0 Å². The molecule has 12 heteroatoms. The predicted molar refractivity (Wildman–Crippen MR) is 124 cm³/mol. The van der Waals surface area contributed by atoms with Crippen LogP contribution in [0.2, 0.25) is 0 Å². The molecule has 1 aliphatic rings. The Bertz CT molecular complexity index is 941. The first kappa shape index (κ1) is 27.5.